The number of hydrogen-bond donors (Lipinski definition) is 0. The molecule has 2 heterocycles. The van der Waals surface area contributed by atoms with E-state index in [-0.39, 0.29) is 11.2 Å². The molecule has 0 saturated carbocycles. The Hall–Kier alpha value is -2.31. The Kier molecular flexibility index (Phi) is 6.21. The fourth-order valence-electron chi connectivity index (χ4n) is 3.52. The molecule has 1 atom stereocenters. The number of hydrogen-bond acceptors (Lipinski definition) is 4. The smallest absolute Gasteiger partial charge is 0.235 e. The van der Waals surface area contributed by atoms with Crippen LogP contribution in [0.15, 0.2) is 59.8 Å². The molecule has 2 aromatic carbocycles. The van der Waals surface area contributed by atoms with Gasteiger partial charge < -0.3 is 4.90 Å². The molecule has 4 rings (SSSR count). The number of piperidine rings is 1. The zero-order valence-electron chi connectivity index (χ0n) is 16.3. The number of amides is 1. The quantitative estimate of drug-likeness (QED) is 0.534. The predicted molar refractivity (Wildman–Crippen MR) is 118 cm³/mol. The minimum atomic E-state index is -0.224. The van der Waals surface area contributed by atoms with Gasteiger partial charge in [0.15, 0.2) is 11.0 Å². The molecule has 1 fully saturated rings. The van der Waals surface area contributed by atoms with Crippen molar-refractivity contribution in [1.29, 1.82) is 0 Å². The summed E-state index contributed by atoms with van der Waals surface area (Å²) in [5, 5.41) is 10.0. The van der Waals surface area contributed by atoms with Gasteiger partial charge in [-0.1, -0.05) is 41.6 Å². The zero-order chi connectivity index (χ0) is 20.2. The summed E-state index contributed by atoms with van der Waals surface area (Å²) in [5.41, 5.74) is 1.88. The van der Waals surface area contributed by atoms with E-state index in [1.807, 2.05) is 71.0 Å². The Labute approximate surface area is 180 Å². The van der Waals surface area contributed by atoms with Crippen molar-refractivity contribution in [3.8, 4) is 17.1 Å². The number of thioether (sulfide) groups is 1. The van der Waals surface area contributed by atoms with E-state index in [9.17, 15) is 4.79 Å². The van der Waals surface area contributed by atoms with Crippen LogP contribution in [0.5, 0.6) is 0 Å². The van der Waals surface area contributed by atoms with E-state index in [1.165, 1.54) is 18.2 Å². The van der Waals surface area contributed by atoms with Crippen LogP contribution in [0.4, 0.5) is 0 Å². The Morgan fingerprint density at radius 1 is 1.00 bits per heavy atom. The molecule has 7 heteroatoms. The van der Waals surface area contributed by atoms with Crippen LogP contribution < -0.4 is 0 Å². The molecule has 1 aliphatic rings. The summed E-state index contributed by atoms with van der Waals surface area (Å²) >= 11 is 7.51. The van der Waals surface area contributed by atoms with Crippen molar-refractivity contribution < 1.29 is 4.79 Å². The van der Waals surface area contributed by atoms with Crippen LogP contribution in [0.25, 0.3) is 17.1 Å². The molecule has 1 unspecified atom stereocenters. The normalized spacial score (nSPS) is 15.3. The highest BCUT2D eigenvalue weighted by Gasteiger charge is 2.26. The third-order valence-electron chi connectivity index (χ3n) is 5.05. The standard InChI is InChI=1S/C22H23ClN4OS/c1-16(21(28)26-14-6-3-7-15-26)29-22-25-24-20(17-10-12-18(23)13-11-17)27(22)19-8-4-2-5-9-19/h2,4-5,8-13,16H,3,6-7,14-15H2,1H3. The van der Waals surface area contributed by atoms with Crippen molar-refractivity contribution in [2.75, 3.05) is 13.1 Å². The summed E-state index contributed by atoms with van der Waals surface area (Å²) in [6.45, 7) is 3.66. The van der Waals surface area contributed by atoms with Gasteiger partial charge in [0.2, 0.25) is 5.91 Å². The number of halogens is 1. The highest BCUT2D eigenvalue weighted by Crippen LogP contribution is 2.31. The Morgan fingerprint density at radius 3 is 2.38 bits per heavy atom. The molecule has 5 nitrogen and oxygen atoms in total. The van der Waals surface area contributed by atoms with E-state index in [0.717, 1.165) is 43.0 Å². The topological polar surface area (TPSA) is 51.0 Å². The lowest BCUT2D eigenvalue weighted by molar-refractivity contribution is -0.131. The zero-order valence-corrected chi connectivity index (χ0v) is 17.9. The number of benzene rings is 2. The molecule has 0 aliphatic carbocycles. The average molecular weight is 427 g/mol. The average Bonchev–Trinajstić information content (AvgIpc) is 3.18. The third kappa shape index (κ3) is 4.49. The number of carbonyl (C=O) groups excluding carboxylic acids is 1. The summed E-state index contributed by atoms with van der Waals surface area (Å²) in [7, 11) is 0. The van der Waals surface area contributed by atoms with Crippen LogP contribution in [-0.2, 0) is 4.79 Å². The van der Waals surface area contributed by atoms with Crippen LogP contribution in [-0.4, -0.2) is 43.9 Å². The van der Waals surface area contributed by atoms with E-state index < -0.39 is 0 Å². The van der Waals surface area contributed by atoms with Crippen molar-refractivity contribution in [3.63, 3.8) is 0 Å². The lowest BCUT2D eigenvalue weighted by Crippen LogP contribution is -2.40. The molecule has 150 valence electrons. The van der Waals surface area contributed by atoms with E-state index in [4.69, 9.17) is 11.6 Å². The van der Waals surface area contributed by atoms with Crippen molar-refractivity contribution >= 4 is 29.3 Å². The minimum absolute atomic E-state index is 0.172. The SMILES string of the molecule is CC(Sc1nnc(-c2ccc(Cl)cc2)n1-c1ccccc1)C(=O)N1CCCCC1. The Morgan fingerprint density at radius 2 is 1.69 bits per heavy atom. The molecule has 1 aliphatic heterocycles. The lowest BCUT2D eigenvalue weighted by Gasteiger charge is -2.28. The first-order chi connectivity index (χ1) is 14.1. The highest BCUT2D eigenvalue weighted by atomic mass is 35.5. The van der Waals surface area contributed by atoms with Gasteiger partial charge in [-0.05, 0) is 62.6 Å². The van der Waals surface area contributed by atoms with Gasteiger partial charge in [0.25, 0.3) is 0 Å². The molecule has 0 spiro atoms. The van der Waals surface area contributed by atoms with Gasteiger partial charge in [0.1, 0.15) is 0 Å². The molecule has 1 amide bonds. The van der Waals surface area contributed by atoms with Crippen LogP contribution in [0, 0.1) is 0 Å². The van der Waals surface area contributed by atoms with Gasteiger partial charge in [0.05, 0.1) is 5.25 Å². The molecule has 3 aromatic rings. The minimum Gasteiger partial charge on any atom is -0.342 e. The van der Waals surface area contributed by atoms with Gasteiger partial charge in [-0.2, -0.15) is 0 Å². The number of aromatic nitrogens is 3. The summed E-state index contributed by atoms with van der Waals surface area (Å²) in [5.74, 6) is 0.901. The molecular formula is C22H23ClN4OS. The third-order valence-corrected chi connectivity index (χ3v) is 6.33. The Bertz CT molecular complexity index is 968. The second kappa shape index (κ2) is 9.01. The summed E-state index contributed by atoms with van der Waals surface area (Å²) < 4.78 is 2.01. The molecule has 1 aromatic heterocycles. The number of likely N-dealkylation sites (tertiary alicyclic amines) is 1. The van der Waals surface area contributed by atoms with Crippen molar-refractivity contribution in [1.82, 2.24) is 19.7 Å². The second-order valence-electron chi connectivity index (χ2n) is 7.13. The van der Waals surface area contributed by atoms with Crippen LogP contribution in [0.3, 0.4) is 0 Å². The molecule has 0 radical (unpaired) electrons. The largest absolute Gasteiger partial charge is 0.342 e. The fraction of sp³-hybridized carbons (Fsp3) is 0.318. The lowest BCUT2D eigenvalue weighted by atomic mass is 10.1. The maximum absolute atomic E-state index is 12.9. The van der Waals surface area contributed by atoms with Crippen LogP contribution in [0.2, 0.25) is 5.02 Å². The van der Waals surface area contributed by atoms with E-state index in [1.54, 1.807) is 0 Å². The maximum Gasteiger partial charge on any atom is 0.235 e. The molecule has 1 saturated heterocycles. The maximum atomic E-state index is 12.9. The second-order valence-corrected chi connectivity index (χ2v) is 8.87. The van der Waals surface area contributed by atoms with Crippen molar-refractivity contribution in [2.24, 2.45) is 0 Å². The van der Waals surface area contributed by atoms with Gasteiger partial charge in [-0.3, -0.25) is 9.36 Å². The molecular weight excluding hydrogens is 404 g/mol. The first-order valence-corrected chi connectivity index (χ1v) is 11.1. The number of rotatable bonds is 5. The fourth-order valence-corrected chi connectivity index (χ4v) is 4.60. The first kappa shape index (κ1) is 20.0. The van der Waals surface area contributed by atoms with Gasteiger partial charge >= 0.3 is 0 Å². The number of nitrogens with zero attached hydrogens (tertiary/aromatic N) is 4. The van der Waals surface area contributed by atoms with E-state index >= 15 is 0 Å². The van der Waals surface area contributed by atoms with Crippen LogP contribution >= 0.6 is 23.4 Å². The summed E-state index contributed by atoms with van der Waals surface area (Å²) in [6.07, 6.45) is 3.38. The summed E-state index contributed by atoms with van der Waals surface area (Å²) in [6, 6.07) is 17.5. The van der Waals surface area contributed by atoms with Gasteiger partial charge in [-0.15, -0.1) is 10.2 Å². The predicted octanol–water partition coefficient (Wildman–Crippen LogP) is 5.08. The van der Waals surface area contributed by atoms with Crippen molar-refractivity contribution in [3.05, 3.63) is 59.6 Å². The highest BCUT2D eigenvalue weighted by molar-refractivity contribution is 8.00. The molecule has 29 heavy (non-hydrogen) atoms. The first-order valence-electron chi connectivity index (χ1n) is 9.86. The molecule has 0 N–H and O–H groups in total. The van der Waals surface area contributed by atoms with E-state index in [0.29, 0.717) is 10.2 Å². The molecule has 0 bridgehead atoms. The van der Waals surface area contributed by atoms with Crippen LogP contribution in [0.1, 0.15) is 26.2 Å². The van der Waals surface area contributed by atoms with Crippen molar-refractivity contribution in [2.45, 2.75) is 36.6 Å². The number of carbonyl (C=O) groups is 1. The number of para-hydroxylation sites is 1. The van der Waals surface area contributed by atoms with Gasteiger partial charge in [-0.25, -0.2) is 0 Å². The summed E-state index contributed by atoms with van der Waals surface area (Å²) in [4.78, 5) is 14.9. The Balaban J connectivity index is 1.66. The van der Waals surface area contributed by atoms with Gasteiger partial charge in [0, 0.05) is 29.4 Å². The van der Waals surface area contributed by atoms with E-state index in [2.05, 4.69) is 10.2 Å². The monoisotopic (exact) mass is 426 g/mol.